The Balaban J connectivity index is 1.60. The number of hydrogen-bond donors (Lipinski definition) is 2. The predicted octanol–water partition coefficient (Wildman–Crippen LogP) is 2.48. The summed E-state index contributed by atoms with van der Waals surface area (Å²) in [5, 5.41) is 12.7. The number of aliphatic hydroxyl groups excluding tert-OH is 1. The molecule has 1 aromatic rings. The molecule has 4 nitrogen and oxygen atoms in total. The Morgan fingerprint density at radius 3 is 2.86 bits per heavy atom. The largest absolute Gasteiger partial charge is 0.394 e. The number of benzene rings is 1. The lowest BCUT2D eigenvalue weighted by Crippen LogP contribution is -2.47. The van der Waals surface area contributed by atoms with Crippen molar-refractivity contribution in [3.05, 3.63) is 35.4 Å². The minimum atomic E-state index is -0.210. The van der Waals surface area contributed by atoms with Gasteiger partial charge in [0.2, 0.25) is 0 Å². The third kappa shape index (κ3) is 3.05. The van der Waals surface area contributed by atoms with Gasteiger partial charge in [0.15, 0.2) is 0 Å². The Kier molecular flexibility index (Phi) is 4.44. The summed E-state index contributed by atoms with van der Waals surface area (Å²) in [4.78, 5) is 14.1. The van der Waals surface area contributed by atoms with Crippen molar-refractivity contribution in [2.24, 2.45) is 5.92 Å². The Labute approximate surface area is 126 Å². The molecule has 0 aromatic heterocycles. The van der Waals surface area contributed by atoms with E-state index in [-0.39, 0.29) is 18.7 Å². The lowest BCUT2D eigenvalue weighted by Gasteiger charge is -2.36. The summed E-state index contributed by atoms with van der Waals surface area (Å²) < 4.78 is 0. The average Bonchev–Trinajstić information content (AvgIpc) is 2.48. The molecule has 21 heavy (non-hydrogen) atoms. The van der Waals surface area contributed by atoms with E-state index in [1.165, 1.54) is 24.8 Å². The van der Waals surface area contributed by atoms with E-state index in [1.807, 2.05) is 18.2 Å². The topological polar surface area (TPSA) is 52.6 Å². The van der Waals surface area contributed by atoms with Gasteiger partial charge in [-0.2, -0.15) is 0 Å². The highest BCUT2D eigenvalue weighted by atomic mass is 16.3. The molecule has 4 heteroatoms. The molecule has 0 saturated heterocycles. The molecule has 1 atom stereocenters. The summed E-state index contributed by atoms with van der Waals surface area (Å²) in [5.41, 5.74) is 2.33. The molecule has 114 valence electrons. The first kappa shape index (κ1) is 14.4. The van der Waals surface area contributed by atoms with Crippen LogP contribution in [0.2, 0.25) is 0 Å². The van der Waals surface area contributed by atoms with Crippen molar-refractivity contribution in [2.75, 3.05) is 19.7 Å². The van der Waals surface area contributed by atoms with Gasteiger partial charge in [0.1, 0.15) is 0 Å². The van der Waals surface area contributed by atoms with Crippen molar-refractivity contribution in [2.45, 2.75) is 38.1 Å². The van der Waals surface area contributed by atoms with E-state index < -0.39 is 0 Å². The summed E-state index contributed by atoms with van der Waals surface area (Å²) in [7, 11) is 0. The predicted molar refractivity (Wildman–Crippen MR) is 82.0 cm³/mol. The quantitative estimate of drug-likeness (QED) is 0.894. The molecule has 2 N–H and O–H groups in total. The fourth-order valence-corrected chi connectivity index (χ4v) is 3.36. The van der Waals surface area contributed by atoms with Crippen LogP contribution in [0.5, 0.6) is 0 Å². The third-order valence-electron chi connectivity index (χ3n) is 4.90. The van der Waals surface area contributed by atoms with Gasteiger partial charge in [-0.15, -0.1) is 0 Å². The first-order valence-electron chi connectivity index (χ1n) is 8.02. The lowest BCUT2D eigenvalue weighted by atomic mass is 9.83. The average molecular weight is 288 g/mol. The van der Waals surface area contributed by atoms with Crippen LogP contribution >= 0.6 is 0 Å². The summed E-state index contributed by atoms with van der Waals surface area (Å²) in [5.74, 6) is 0.807. The summed E-state index contributed by atoms with van der Waals surface area (Å²) in [6.07, 6.45) is 5.91. The van der Waals surface area contributed by atoms with Crippen molar-refractivity contribution in [1.82, 2.24) is 10.2 Å². The molecule has 0 radical (unpaired) electrons. The third-order valence-corrected chi connectivity index (χ3v) is 4.90. The van der Waals surface area contributed by atoms with Crippen molar-refractivity contribution in [1.29, 1.82) is 0 Å². The zero-order valence-electron chi connectivity index (χ0n) is 12.4. The van der Waals surface area contributed by atoms with E-state index in [2.05, 4.69) is 11.4 Å². The molecule has 1 aliphatic heterocycles. The zero-order chi connectivity index (χ0) is 14.7. The van der Waals surface area contributed by atoms with Gasteiger partial charge < -0.3 is 15.3 Å². The molecule has 1 aliphatic carbocycles. The Morgan fingerprint density at radius 1 is 1.33 bits per heavy atom. The molecule has 2 amide bonds. The van der Waals surface area contributed by atoms with E-state index in [0.29, 0.717) is 6.54 Å². The minimum absolute atomic E-state index is 0.0208. The minimum Gasteiger partial charge on any atom is -0.394 e. The zero-order valence-corrected chi connectivity index (χ0v) is 12.4. The SMILES string of the molecule is O=C(NCCC1CCC1)N1CCc2ccccc2C1CO. The number of nitrogens with one attached hydrogen (secondary N) is 1. The molecule has 1 unspecified atom stereocenters. The molecule has 0 bridgehead atoms. The number of amides is 2. The molecule has 1 fully saturated rings. The van der Waals surface area contributed by atoms with E-state index >= 15 is 0 Å². The summed E-state index contributed by atoms with van der Waals surface area (Å²) in [6.45, 7) is 1.41. The van der Waals surface area contributed by atoms with Crippen molar-refractivity contribution >= 4 is 6.03 Å². The number of aliphatic hydroxyl groups is 1. The lowest BCUT2D eigenvalue weighted by molar-refractivity contribution is 0.126. The standard InChI is InChI=1S/C17H24N2O2/c20-12-16-15-7-2-1-6-14(15)9-11-19(16)17(21)18-10-8-13-4-3-5-13/h1-2,6-7,13,16,20H,3-5,8-12H2,(H,18,21). The fourth-order valence-electron chi connectivity index (χ4n) is 3.36. The van der Waals surface area contributed by atoms with Gasteiger partial charge in [-0.25, -0.2) is 4.79 Å². The Bertz CT molecular complexity index is 499. The Morgan fingerprint density at radius 2 is 2.14 bits per heavy atom. The van der Waals surface area contributed by atoms with Crippen LogP contribution in [0, 0.1) is 5.92 Å². The van der Waals surface area contributed by atoms with Crippen molar-refractivity contribution in [3.8, 4) is 0 Å². The highest BCUT2D eigenvalue weighted by Gasteiger charge is 2.30. The van der Waals surface area contributed by atoms with Crippen LogP contribution in [0.3, 0.4) is 0 Å². The van der Waals surface area contributed by atoms with E-state index in [4.69, 9.17) is 0 Å². The van der Waals surface area contributed by atoms with Gasteiger partial charge >= 0.3 is 6.03 Å². The maximum Gasteiger partial charge on any atom is 0.318 e. The summed E-state index contributed by atoms with van der Waals surface area (Å²) in [6, 6.07) is 7.84. The first-order valence-corrected chi connectivity index (χ1v) is 8.02. The van der Waals surface area contributed by atoms with Crippen molar-refractivity contribution < 1.29 is 9.90 Å². The number of hydrogen-bond acceptors (Lipinski definition) is 2. The number of urea groups is 1. The van der Waals surface area contributed by atoms with Gasteiger partial charge in [-0.1, -0.05) is 43.5 Å². The smallest absolute Gasteiger partial charge is 0.318 e. The normalized spacial score (nSPS) is 21.6. The van der Waals surface area contributed by atoms with Gasteiger partial charge in [0, 0.05) is 13.1 Å². The van der Waals surface area contributed by atoms with E-state index in [9.17, 15) is 9.90 Å². The molecule has 0 spiro atoms. The molecule has 1 aromatic carbocycles. The number of carbonyl (C=O) groups is 1. The maximum atomic E-state index is 12.4. The molecular formula is C17H24N2O2. The van der Waals surface area contributed by atoms with Gasteiger partial charge in [0.25, 0.3) is 0 Å². The monoisotopic (exact) mass is 288 g/mol. The van der Waals surface area contributed by atoms with Crippen LogP contribution in [0.4, 0.5) is 4.79 Å². The second-order valence-electron chi connectivity index (χ2n) is 6.16. The number of carbonyl (C=O) groups excluding carboxylic acids is 1. The van der Waals surface area contributed by atoms with Gasteiger partial charge in [0.05, 0.1) is 12.6 Å². The van der Waals surface area contributed by atoms with Crippen LogP contribution in [0.15, 0.2) is 24.3 Å². The molecule has 3 rings (SSSR count). The van der Waals surface area contributed by atoms with Crippen LogP contribution in [-0.2, 0) is 6.42 Å². The number of nitrogens with zero attached hydrogens (tertiary/aromatic N) is 1. The first-order chi connectivity index (χ1) is 10.3. The second kappa shape index (κ2) is 6.48. The molecule has 1 heterocycles. The number of fused-ring (bicyclic) bond motifs is 1. The molecule has 2 aliphatic rings. The van der Waals surface area contributed by atoms with E-state index in [0.717, 1.165) is 30.9 Å². The van der Waals surface area contributed by atoms with Crippen LogP contribution in [0.25, 0.3) is 0 Å². The highest BCUT2D eigenvalue weighted by molar-refractivity contribution is 5.75. The van der Waals surface area contributed by atoms with Crippen molar-refractivity contribution in [3.63, 3.8) is 0 Å². The Hall–Kier alpha value is -1.55. The molecular weight excluding hydrogens is 264 g/mol. The summed E-state index contributed by atoms with van der Waals surface area (Å²) >= 11 is 0. The fraction of sp³-hybridized carbons (Fsp3) is 0.588. The molecule has 1 saturated carbocycles. The van der Waals surface area contributed by atoms with Crippen LogP contribution in [0.1, 0.15) is 42.9 Å². The van der Waals surface area contributed by atoms with Crippen LogP contribution in [-0.4, -0.2) is 35.7 Å². The van der Waals surface area contributed by atoms with Gasteiger partial charge in [-0.3, -0.25) is 0 Å². The van der Waals surface area contributed by atoms with Gasteiger partial charge in [-0.05, 0) is 29.9 Å². The maximum absolute atomic E-state index is 12.4. The second-order valence-corrected chi connectivity index (χ2v) is 6.16. The highest BCUT2D eigenvalue weighted by Crippen LogP contribution is 2.30. The van der Waals surface area contributed by atoms with E-state index in [1.54, 1.807) is 4.90 Å². The number of rotatable bonds is 4. The van der Waals surface area contributed by atoms with Crippen LogP contribution < -0.4 is 5.32 Å².